The molecule has 5 nitrogen and oxygen atoms in total. The normalized spacial score (nSPS) is 16.6. The summed E-state index contributed by atoms with van der Waals surface area (Å²) in [4.78, 5) is 11.5. The molecule has 10 heteroatoms. The molecule has 0 spiro atoms. The number of nitrogens with zero attached hydrogens (tertiary/aromatic N) is 1. The lowest BCUT2D eigenvalue weighted by atomic mass is 9.97. The van der Waals surface area contributed by atoms with Gasteiger partial charge in [0.1, 0.15) is 5.82 Å². The average Bonchev–Trinajstić information content (AvgIpc) is 2.69. The van der Waals surface area contributed by atoms with E-state index in [1.165, 1.54) is 24.3 Å². The first-order chi connectivity index (χ1) is 13.6. The van der Waals surface area contributed by atoms with Crippen LogP contribution in [0, 0.1) is 11.7 Å². The smallest absolute Gasteiger partial charge is 0.323 e. The number of hydrogen-bond acceptors (Lipinski definition) is 3. The Morgan fingerprint density at radius 1 is 1.00 bits per heavy atom. The van der Waals surface area contributed by atoms with E-state index in [1.54, 1.807) is 6.07 Å². The van der Waals surface area contributed by atoms with E-state index in [2.05, 4.69) is 5.32 Å². The third kappa shape index (κ3) is 4.59. The predicted molar refractivity (Wildman–Crippen MR) is 98.0 cm³/mol. The van der Waals surface area contributed by atoms with E-state index in [9.17, 15) is 30.8 Å². The Kier molecular flexibility index (Phi) is 5.95. The molecule has 0 saturated carbocycles. The van der Waals surface area contributed by atoms with Crippen LogP contribution in [0.3, 0.4) is 0 Å². The molecule has 0 aromatic heterocycles. The van der Waals surface area contributed by atoms with Gasteiger partial charge < -0.3 is 5.32 Å². The highest BCUT2D eigenvalue weighted by Gasteiger charge is 2.40. The maximum absolute atomic E-state index is 13.7. The Morgan fingerprint density at radius 3 is 2.21 bits per heavy atom. The Hall–Kier alpha value is -2.46. The summed E-state index contributed by atoms with van der Waals surface area (Å²) in [5.74, 6) is -1.62. The van der Waals surface area contributed by atoms with Crippen molar-refractivity contribution in [3.05, 3.63) is 59.9 Å². The van der Waals surface area contributed by atoms with Crippen molar-refractivity contribution in [1.82, 2.24) is 4.31 Å². The summed E-state index contributed by atoms with van der Waals surface area (Å²) in [6.45, 7) is -0.215. The number of alkyl halides is 3. The Morgan fingerprint density at radius 2 is 1.59 bits per heavy atom. The average molecular weight is 430 g/mol. The maximum Gasteiger partial charge on any atom is 0.417 e. The van der Waals surface area contributed by atoms with E-state index >= 15 is 0 Å². The summed E-state index contributed by atoms with van der Waals surface area (Å²) in [7, 11) is -4.37. The Balaban J connectivity index is 1.71. The molecule has 3 rings (SSSR count). The lowest BCUT2D eigenvalue weighted by molar-refractivity contribution is -0.139. The summed E-state index contributed by atoms with van der Waals surface area (Å²) in [6, 6.07) is 9.65. The second-order valence-electron chi connectivity index (χ2n) is 6.64. The minimum atomic E-state index is -4.80. The van der Waals surface area contributed by atoms with Crippen LogP contribution in [0.4, 0.5) is 23.2 Å². The first kappa shape index (κ1) is 21.3. The van der Waals surface area contributed by atoms with Crippen molar-refractivity contribution in [2.45, 2.75) is 23.9 Å². The molecule has 2 aromatic carbocycles. The Bertz CT molecular complexity index is 1000. The lowest BCUT2D eigenvalue weighted by Gasteiger charge is -2.31. The molecule has 29 heavy (non-hydrogen) atoms. The molecule has 0 bridgehead atoms. The fourth-order valence-electron chi connectivity index (χ4n) is 3.22. The van der Waals surface area contributed by atoms with Crippen LogP contribution in [0.1, 0.15) is 18.4 Å². The van der Waals surface area contributed by atoms with Crippen LogP contribution >= 0.6 is 0 Å². The summed E-state index contributed by atoms with van der Waals surface area (Å²) in [6.07, 6.45) is -4.57. The number of carbonyl (C=O) groups excluding carboxylic acids is 1. The van der Waals surface area contributed by atoms with Crippen molar-refractivity contribution in [1.29, 1.82) is 0 Å². The van der Waals surface area contributed by atoms with E-state index in [1.807, 2.05) is 0 Å². The zero-order chi connectivity index (χ0) is 21.2. The summed E-state index contributed by atoms with van der Waals surface area (Å²) in [5.41, 5.74) is -1.20. The van der Waals surface area contributed by atoms with Crippen LogP contribution in [0.5, 0.6) is 0 Å². The number of nitrogens with one attached hydrogen (secondary N) is 1. The molecule has 0 unspecified atom stereocenters. The molecule has 2 aromatic rings. The molecule has 1 heterocycles. The Labute approximate surface area is 165 Å². The van der Waals surface area contributed by atoms with Gasteiger partial charge in [0, 0.05) is 19.0 Å². The van der Waals surface area contributed by atoms with Crippen LogP contribution in [-0.2, 0) is 21.0 Å². The molecule has 1 fully saturated rings. The number of carbonyl (C=O) groups is 1. The molecule has 1 aliphatic rings. The third-order valence-electron chi connectivity index (χ3n) is 4.77. The van der Waals surface area contributed by atoms with Crippen molar-refractivity contribution in [2.24, 2.45) is 5.92 Å². The topological polar surface area (TPSA) is 66.5 Å². The lowest BCUT2D eigenvalue weighted by Crippen LogP contribution is -2.42. The predicted octanol–water partition coefficient (Wildman–Crippen LogP) is 3.88. The number of anilines is 1. The minimum Gasteiger partial charge on any atom is -0.323 e. The fourth-order valence-corrected chi connectivity index (χ4v) is 4.90. The van der Waals surface area contributed by atoms with Crippen molar-refractivity contribution in [2.75, 3.05) is 18.4 Å². The highest BCUT2D eigenvalue weighted by Crippen LogP contribution is 2.36. The number of hydrogen-bond donors (Lipinski definition) is 1. The van der Waals surface area contributed by atoms with Gasteiger partial charge in [-0.1, -0.05) is 24.3 Å². The number of rotatable bonds is 4. The van der Waals surface area contributed by atoms with E-state index in [-0.39, 0.29) is 31.6 Å². The molecule has 1 amide bonds. The SMILES string of the molecule is O=C(Nc1ccccc1F)C1CCN(S(=O)(=O)c2ccccc2C(F)(F)F)CC1. The molecule has 0 atom stereocenters. The van der Waals surface area contributed by atoms with Crippen molar-refractivity contribution >= 4 is 21.6 Å². The van der Waals surface area contributed by atoms with Crippen LogP contribution in [0.2, 0.25) is 0 Å². The number of para-hydroxylation sites is 1. The van der Waals surface area contributed by atoms with Crippen molar-refractivity contribution in [3.8, 4) is 0 Å². The quantitative estimate of drug-likeness (QED) is 0.749. The van der Waals surface area contributed by atoms with Gasteiger partial charge in [-0.25, -0.2) is 12.8 Å². The zero-order valence-corrected chi connectivity index (χ0v) is 15.9. The molecular weight excluding hydrogens is 412 g/mol. The zero-order valence-electron chi connectivity index (χ0n) is 15.1. The number of benzene rings is 2. The van der Waals surface area contributed by atoms with Gasteiger partial charge in [0.25, 0.3) is 0 Å². The molecule has 0 radical (unpaired) electrons. The highest BCUT2D eigenvalue weighted by atomic mass is 32.2. The number of sulfonamides is 1. The second kappa shape index (κ2) is 8.11. The monoisotopic (exact) mass is 430 g/mol. The first-order valence-corrected chi connectivity index (χ1v) is 10.3. The minimum absolute atomic E-state index is 0.0201. The molecular formula is C19H18F4N2O3S. The second-order valence-corrected chi connectivity index (χ2v) is 8.55. The van der Waals surface area contributed by atoms with Crippen LogP contribution in [0.15, 0.2) is 53.4 Å². The standard InChI is InChI=1S/C19H18F4N2O3S/c20-15-6-2-3-7-16(15)24-18(26)13-9-11-25(12-10-13)29(27,28)17-8-4-1-5-14(17)19(21,22)23/h1-8,13H,9-12H2,(H,24,26). The summed E-state index contributed by atoms with van der Waals surface area (Å²) in [5, 5.41) is 2.46. The van der Waals surface area contributed by atoms with Crippen LogP contribution in [0.25, 0.3) is 0 Å². The van der Waals surface area contributed by atoms with Gasteiger partial charge in [-0.3, -0.25) is 4.79 Å². The van der Waals surface area contributed by atoms with Crippen molar-refractivity contribution in [3.63, 3.8) is 0 Å². The summed E-state index contributed by atoms with van der Waals surface area (Å²) < 4.78 is 79.7. The van der Waals surface area contributed by atoms with E-state index in [0.29, 0.717) is 0 Å². The van der Waals surface area contributed by atoms with E-state index < -0.39 is 44.3 Å². The molecule has 0 aliphatic carbocycles. The van der Waals surface area contributed by atoms with Crippen LogP contribution < -0.4 is 5.32 Å². The molecule has 1 saturated heterocycles. The fraction of sp³-hybridized carbons (Fsp3) is 0.316. The molecule has 1 N–H and O–H groups in total. The van der Waals surface area contributed by atoms with Crippen LogP contribution in [-0.4, -0.2) is 31.7 Å². The maximum atomic E-state index is 13.7. The van der Waals surface area contributed by atoms with Crippen molar-refractivity contribution < 1.29 is 30.8 Å². The highest BCUT2D eigenvalue weighted by molar-refractivity contribution is 7.89. The number of piperidine rings is 1. The summed E-state index contributed by atoms with van der Waals surface area (Å²) >= 11 is 0. The van der Waals surface area contributed by atoms with Gasteiger partial charge in [0.2, 0.25) is 15.9 Å². The van der Waals surface area contributed by atoms with E-state index in [0.717, 1.165) is 22.5 Å². The number of halogens is 4. The largest absolute Gasteiger partial charge is 0.417 e. The van der Waals surface area contributed by atoms with Gasteiger partial charge in [-0.2, -0.15) is 17.5 Å². The van der Waals surface area contributed by atoms with Gasteiger partial charge in [-0.05, 0) is 37.1 Å². The van der Waals surface area contributed by atoms with Gasteiger partial charge >= 0.3 is 6.18 Å². The van der Waals surface area contributed by atoms with Gasteiger partial charge in [0.05, 0.1) is 16.1 Å². The van der Waals surface area contributed by atoms with E-state index in [4.69, 9.17) is 0 Å². The molecule has 156 valence electrons. The first-order valence-electron chi connectivity index (χ1n) is 8.82. The molecule has 1 aliphatic heterocycles. The number of amides is 1. The van der Waals surface area contributed by atoms with Gasteiger partial charge in [0.15, 0.2) is 0 Å². The van der Waals surface area contributed by atoms with Gasteiger partial charge in [-0.15, -0.1) is 0 Å². The third-order valence-corrected chi connectivity index (χ3v) is 6.72.